The van der Waals surface area contributed by atoms with E-state index in [9.17, 15) is 18.8 Å². The van der Waals surface area contributed by atoms with E-state index in [0.717, 1.165) is 16.0 Å². The number of nitrogens with zero attached hydrogens (tertiary/aromatic N) is 1. The molecule has 1 aliphatic heterocycles. The fourth-order valence-electron chi connectivity index (χ4n) is 3.80. The van der Waals surface area contributed by atoms with Gasteiger partial charge in [0.05, 0.1) is 11.3 Å². The summed E-state index contributed by atoms with van der Waals surface area (Å²) in [5.41, 5.74) is 4.30. The second kappa shape index (κ2) is 8.70. The lowest BCUT2D eigenvalue weighted by Gasteiger charge is -2.16. The number of benzene rings is 3. The first kappa shape index (κ1) is 22.0. The highest BCUT2D eigenvalue weighted by molar-refractivity contribution is 6.46. The predicted octanol–water partition coefficient (Wildman–Crippen LogP) is 4.80. The third-order valence-electron chi connectivity index (χ3n) is 5.29. The zero-order valence-corrected chi connectivity index (χ0v) is 18.4. The first-order valence-electron chi connectivity index (χ1n) is 10.4. The van der Waals surface area contributed by atoms with Crippen LogP contribution in [0, 0.1) is 19.7 Å². The van der Waals surface area contributed by atoms with Crippen molar-refractivity contribution in [3.05, 3.63) is 94.9 Å². The molecule has 0 spiro atoms. The van der Waals surface area contributed by atoms with Gasteiger partial charge in [0.25, 0.3) is 11.8 Å². The first-order valence-corrected chi connectivity index (χ1v) is 10.4. The lowest BCUT2D eigenvalue weighted by molar-refractivity contribution is -0.120. The quantitative estimate of drug-likeness (QED) is 0.556. The minimum atomic E-state index is -0.522. The number of carbonyl (C=O) groups is 3. The van der Waals surface area contributed by atoms with E-state index in [2.05, 4.69) is 10.6 Å². The van der Waals surface area contributed by atoms with Crippen molar-refractivity contribution in [3.8, 4) is 0 Å². The van der Waals surface area contributed by atoms with Crippen LogP contribution in [0.25, 0.3) is 5.57 Å². The van der Waals surface area contributed by atoms with Crippen molar-refractivity contribution in [2.75, 3.05) is 15.5 Å². The number of nitrogens with one attached hydrogen (secondary N) is 2. The second-order valence-electron chi connectivity index (χ2n) is 7.87. The second-order valence-corrected chi connectivity index (χ2v) is 7.87. The van der Waals surface area contributed by atoms with Gasteiger partial charge in [0, 0.05) is 18.3 Å². The number of hydrogen-bond donors (Lipinski definition) is 2. The van der Waals surface area contributed by atoms with Crippen molar-refractivity contribution in [2.45, 2.75) is 20.8 Å². The molecule has 3 aromatic rings. The van der Waals surface area contributed by atoms with E-state index in [1.807, 2.05) is 32.0 Å². The van der Waals surface area contributed by atoms with Gasteiger partial charge < -0.3 is 10.6 Å². The maximum Gasteiger partial charge on any atom is 0.282 e. The van der Waals surface area contributed by atoms with E-state index in [0.29, 0.717) is 22.6 Å². The van der Waals surface area contributed by atoms with Crippen molar-refractivity contribution in [3.63, 3.8) is 0 Å². The van der Waals surface area contributed by atoms with Crippen LogP contribution in [0.4, 0.5) is 21.5 Å². The van der Waals surface area contributed by atoms with Crippen molar-refractivity contribution in [1.82, 2.24) is 0 Å². The van der Waals surface area contributed by atoms with Crippen LogP contribution < -0.4 is 15.5 Å². The number of amides is 3. The Morgan fingerprint density at radius 2 is 1.48 bits per heavy atom. The van der Waals surface area contributed by atoms with Crippen LogP contribution in [-0.2, 0) is 14.4 Å². The summed E-state index contributed by atoms with van der Waals surface area (Å²) in [7, 11) is 0. The van der Waals surface area contributed by atoms with Crippen LogP contribution in [0.5, 0.6) is 0 Å². The minimum Gasteiger partial charge on any atom is -0.350 e. The summed E-state index contributed by atoms with van der Waals surface area (Å²) in [6.07, 6.45) is 0. The van der Waals surface area contributed by atoms with Gasteiger partial charge in [-0.2, -0.15) is 0 Å². The third-order valence-corrected chi connectivity index (χ3v) is 5.29. The van der Waals surface area contributed by atoms with Gasteiger partial charge in [0.15, 0.2) is 0 Å². The van der Waals surface area contributed by atoms with Gasteiger partial charge in [-0.25, -0.2) is 9.29 Å². The first-order chi connectivity index (χ1) is 15.7. The molecule has 3 amide bonds. The zero-order chi connectivity index (χ0) is 23.7. The van der Waals surface area contributed by atoms with E-state index >= 15 is 0 Å². The van der Waals surface area contributed by atoms with E-state index in [1.54, 1.807) is 24.3 Å². The van der Waals surface area contributed by atoms with Gasteiger partial charge in [-0.15, -0.1) is 0 Å². The average molecular weight is 443 g/mol. The molecule has 0 saturated carbocycles. The molecule has 0 saturated heterocycles. The third kappa shape index (κ3) is 4.39. The van der Waals surface area contributed by atoms with Crippen LogP contribution in [0.2, 0.25) is 0 Å². The highest BCUT2D eigenvalue weighted by Crippen LogP contribution is 2.35. The highest BCUT2D eigenvalue weighted by Gasteiger charge is 2.40. The van der Waals surface area contributed by atoms with Crippen molar-refractivity contribution in [2.24, 2.45) is 0 Å². The predicted molar refractivity (Wildman–Crippen MR) is 126 cm³/mol. The molecule has 0 aromatic heterocycles. The smallest absolute Gasteiger partial charge is 0.282 e. The number of halogens is 1. The van der Waals surface area contributed by atoms with Crippen molar-refractivity contribution < 1.29 is 18.8 Å². The molecule has 7 heteroatoms. The molecule has 6 nitrogen and oxygen atoms in total. The van der Waals surface area contributed by atoms with E-state index < -0.39 is 17.6 Å². The Labute approximate surface area is 190 Å². The van der Waals surface area contributed by atoms with E-state index in [1.165, 1.54) is 31.2 Å². The Hall–Kier alpha value is -4.26. The lowest BCUT2D eigenvalue weighted by atomic mass is 9.97. The molecule has 1 heterocycles. The number of rotatable bonds is 5. The van der Waals surface area contributed by atoms with Crippen LogP contribution in [0.15, 0.2) is 72.4 Å². The zero-order valence-electron chi connectivity index (χ0n) is 18.4. The van der Waals surface area contributed by atoms with Crippen LogP contribution in [0.1, 0.15) is 23.6 Å². The average Bonchev–Trinajstić information content (AvgIpc) is 3.00. The Kier molecular flexibility index (Phi) is 5.79. The van der Waals surface area contributed by atoms with Crippen LogP contribution in [0.3, 0.4) is 0 Å². The normalized spacial score (nSPS) is 13.5. The molecule has 2 N–H and O–H groups in total. The van der Waals surface area contributed by atoms with Crippen molar-refractivity contribution >= 4 is 40.4 Å². The van der Waals surface area contributed by atoms with Crippen molar-refractivity contribution in [1.29, 1.82) is 0 Å². The minimum absolute atomic E-state index is 0.115. The van der Waals surface area contributed by atoms with E-state index in [4.69, 9.17) is 0 Å². The molecule has 166 valence electrons. The molecule has 0 unspecified atom stereocenters. The number of carbonyl (C=O) groups excluding carboxylic acids is 3. The van der Waals surface area contributed by atoms with Crippen LogP contribution >= 0.6 is 0 Å². The van der Waals surface area contributed by atoms with Crippen LogP contribution in [-0.4, -0.2) is 17.7 Å². The summed E-state index contributed by atoms with van der Waals surface area (Å²) in [5, 5.41) is 5.68. The summed E-state index contributed by atoms with van der Waals surface area (Å²) in [6.45, 7) is 5.23. The molecule has 0 bridgehead atoms. The fourth-order valence-corrected chi connectivity index (χ4v) is 3.80. The lowest BCUT2D eigenvalue weighted by Crippen LogP contribution is -2.32. The Morgan fingerprint density at radius 1 is 0.848 bits per heavy atom. The standard InChI is InChI=1S/C26H22FN3O3/c1-15-4-13-22(16(2)14-15)23-24(29-20-7-5-18(27)6-8-20)26(33)30(25(23)32)21-11-9-19(10-12-21)28-17(3)31/h4-14,29H,1-3H3,(H,28,31). The summed E-state index contributed by atoms with van der Waals surface area (Å²) < 4.78 is 13.4. The summed E-state index contributed by atoms with van der Waals surface area (Å²) in [5.74, 6) is -1.62. The maximum atomic E-state index is 13.5. The Balaban J connectivity index is 1.78. The molecule has 3 aromatic carbocycles. The molecular weight excluding hydrogens is 421 g/mol. The summed E-state index contributed by atoms with van der Waals surface area (Å²) >= 11 is 0. The number of anilines is 3. The topological polar surface area (TPSA) is 78.5 Å². The fraction of sp³-hybridized carbons (Fsp3) is 0.115. The van der Waals surface area contributed by atoms with Gasteiger partial charge >= 0.3 is 0 Å². The molecule has 4 rings (SSSR count). The number of aryl methyl sites for hydroxylation is 2. The highest BCUT2D eigenvalue weighted by atomic mass is 19.1. The Bertz CT molecular complexity index is 1300. The summed E-state index contributed by atoms with van der Waals surface area (Å²) in [4.78, 5) is 39.4. The molecular formula is C26H22FN3O3. The van der Waals surface area contributed by atoms with Gasteiger partial charge in [-0.3, -0.25) is 14.4 Å². The SMILES string of the molecule is CC(=O)Nc1ccc(N2C(=O)C(Nc3ccc(F)cc3)=C(c3ccc(C)cc3C)C2=O)cc1. The largest absolute Gasteiger partial charge is 0.350 e. The number of imide groups is 1. The number of hydrogen-bond acceptors (Lipinski definition) is 4. The van der Waals surface area contributed by atoms with Gasteiger partial charge in [-0.05, 0) is 73.5 Å². The molecule has 0 aliphatic carbocycles. The molecule has 0 radical (unpaired) electrons. The molecule has 33 heavy (non-hydrogen) atoms. The maximum absolute atomic E-state index is 13.5. The molecule has 0 fully saturated rings. The molecule has 0 atom stereocenters. The monoisotopic (exact) mass is 443 g/mol. The molecule has 1 aliphatic rings. The van der Waals surface area contributed by atoms with Gasteiger partial charge in [-0.1, -0.05) is 23.8 Å². The Morgan fingerprint density at radius 3 is 2.09 bits per heavy atom. The van der Waals surface area contributed by atoms with Gasteiger partial charge in [0.2, 0.25) is 5.91 Å². The van der Waals surface area contributed by atoms with E-state index in [-0.39, 0.29) is 17.2 Å². The van der Waals surface area contributed by atoms with Gasteiger partial charge in [0.1, 0.15) is 11.5 Å². The summed E-state index contributed by atoms with van der Waals surface area (Å²) in [6, 6.07) is 17.7.